The summed E-state index contributed by atoms with van der Waals surface area (Å²) in [7, 11) is -4.07. The predicted octanol–water partition coefficient (Wildman–Crippen LogP) is 2.56. The molecule has 2 aromatic carbocycles. The molecule has 10 heteroatoms. The normalized spacial score (nSPS) is 14.9. The van der Waals surface area contributed by atoms with Gasteiger partial charge in [-0.1, -0.05) is 12.1 Å². The van der Waals surface area contributed by atoms with Gasteiger partial charge >= 0.3 is 10.2 Å². The van der Waals surface area contributed by atoms with Crippen molar-refractivity contribution >= 4 is 39.7 Å². The number of hydrogen-bond acceptors (Lipinski definition) is 4. The van der Waals surface area contributed by atoms with Gasteiger partial charge in [-0.3, -0.25) is 0 Å². The van der Waals surface area contributed by atoms with Gasteiger partial charge in [-0.25, -0.2) is 17.4 Å². The minimum Gasteiger partial charge on any atom is -0.378 e. The van der Waals surface area contributed by atoms with E-state index in [0.29, 0.717) is 30.6 Å². The van der Waals surface area contributed by atoms with Crippen LogP contribution >= 0.6 is 12.4 Å². The molecule has 26 heavy (non-hydrogen) atoms. The van der Waals surface area contributed by atoms with Gasteiger partial charge in [0, 0.05) is 12.6 Å². The van der Waals surface area contributed by atoms with E-state index in [1.807, 2.05) is 0 Å². The highest BCUT2D eigenvalue weighted by Crippen LogP contribution is 2.45. The maximum atomic E-state index is 14.2. The number of para-hydroxylation sites is 2. The Morgan fingerprint density at radius 1 is 1.00 bits per heavy atom. The molecule has 0 saturated carbocycles. The van der Waals surface area contributed by atoms with Gasteiger partial charge in [-0.2, -0.15) is 8.42 Å². The number of benzene rings is 2. The molecule has 0 radical (unpaired) electrons. The molecule has 0 aliphatic carbocycles. The zero-order chi connectivity index (χ0) is 18.0. The Hall–Kier alpha value is -1.94. The van der Waals surface area contributed by atoms with E-state index < -0.39 is 21.8 Å². The van der Waals surface area contributed by atoms with Crippen molar-refractivity contribution in [2.45, 2.75) is 0 Å². The summed E-state index contributed by atoms with van der Waals surface area (Å²) in [6.07, 6.45) is 0. The Kier molecular flexibility index (Phi) is 6.40. The van der Waals surface area contributed by atoms with Crippen molar-refractivity contribution in [1.82, 2.24) is 0 Å². The van der Waals surface area contributed by atoms with Crippen LogP contribution in [0.15, 0.2) is 42.5 Å². The second-order valence-corrected chi connectivity index (χ2v) is 7.03. The van der Waals surface area contributed by atoms with Gasteiger partial charge in [0.05, 0.1) is 36.8 Å². The summed E-state index contributed by atoms with van der Waals surface area (Å²) < 4.78 is 60.6. The minimum atomic E-state index is -4.07. The van der Waals surface area contributed by atoms with E-state index in [4.69, 9.17) is 10.5 Å². The number of nitrogens with two attached hydrogens (primary N) is 1. The highest BCUT2D eigenvalue weighted by Gasteiger charge is 2.42. The second kappa shape index (κ2) is 8.17. The summed E-state index contributed by atoms with van der Waals surface area (Å²) in [5.74, 6) is -1.74. The van der Waals surface area contributed by atoms with Crippen LogP contribution in [-0.2, 0) is 14.9 Å². The molecule has 0 aromatic heterocycles. The molecule has 0 spiro atoms. The van der Waals surface area contributed by atoms with Crippen LogP contribution in [0.1, 0.15) is 0 Å². The fourth-order valence-electron chi connectivity index (χ4n) is 2.66. The third-order valence-electron chi connectivity index (χ3n) is 3.71. The maximum absolute atomic E-state index is 14.2. The van der Waals surface area contributed by atoms with Crippen molar-refractivity contribution in [3.8, 4) is 0 Å². The lowest BCUT2D eigenvalue weighted by Crippen LogP contribution is -2.37. The monoisotopic (exact) mass is 405 g/mol. The SMILES string of the molecule is Cl.NCCOCCN1c2ccccc2N(c2ccc(F)cc2F)S1(=O)=O. The lowest BCUT2D eigenvalue weighted by molar-refractivity contribution is 0.150. The number of rotatable bonds is 6. The van der Waals surface area contributed by atoms with Crippen molar-refractivity contribution < 1.29 is 21.9 Å². The summed E-state index contributed by atoms with van der Waals surface area (Å²) in [5.41, 5.74) is 5.81. The largest absolute Gasteiger partial charge is 0.378 e. The molecule has 1 heterocycles. The summed E-state index contributed by atoms with van der Waals surface area (Å²) in [6, 6.07) is 9.30. The first-order valence-corrected chi connectivity index (χ1v) is 9.01. The first-order chi connectivity index (χ1) is 12.0. The minimum absolute atomic E-state index is 0. The Balaban J connectivity index is 0.00000243. The van der Waals surface area contributed by atoms with E-state index in [-0.39, 0.29) is 31.2 Å². The van der Waals surface area contributed by atoms with E-state index in [9.17, 15) is 17.2 Å². The third kappa shape index (κ3) is 3.61. The molecule has 0 unspecified atom stereocenters. The molecule has 142 valence electrons. The highest BCUT2D eigenvalue weighted by atomic mass is 35.5. The average molecular weight is 406 g/mol. The zero-order valence-electron chi connectivity index (χ0n) is 13.6. The molecule has 0 atom stereocenters. The lowest BCUT2D eigenvalue weighted by Gasteiger charge is -2.22. The topological polar surface area (TPSA) is 75.9 Å². The second-order valence-electron chi connectivity index (χ2n) is 5.33. The van der Waals surface area contributed by atoms with Crippen LogP contribution < -0.4 is 14.3 Å². The van der Waals surface area contributed by atoms with Gasteiger partial charge < -0.3 is 10.5 Å². The highest BCUT2D eigenvalue weighted by molar-refractivity contribution is 7.95. The number of fused-ring (bicyclic) bond motifs is 1. The van der Waals surface area contributed by atoms with E-state index in [1.165, 1.54) is 0 Å². The van der Waals surface area contributed by atoms with Crippen LogP contribution in [-0.4, -0.2) is 34.7 Å². The molecule has 2 aromatic rings. The Bertz CT molecular complexity index is 883. The Labute approximate surface area is 156 Å². The quantitative estimate of drug-likeness (QED) is 0.749. The maximum Gasteiger partial charge on any atom is 0.331 e. The molecular weight excluding hydrogens is 388 g/mol. The van der Waals surface area contributed by atoms with Crippen molar-refractivity contribution in [3.63, 3.8) is 0 Å². The Morgan fingerprint density at radius 2 is 1.69 bits per heavy atom. The molecular formula is C16H18ClF2N3O3S. The number of anilines is 3. The zero-order valence-corrected chi connectivity index (χ0v) is 15.3. The fourth-order valence-corrected chi connectivity index (χ4v) is 4.37. The van der Waals surface area contributed by atoms with Crippen molar-refractivity contribution in [1.29, 1.82) is 0 Å². The summed E-state index contributed by atoms with van der Waals surface area (Å²) in [4.78, 5) is 0. The molecule has 1 aliphatic heterocycles. The number of nitrogens with zero attached hydrogens (tertiary/aromatic N) is 2. The van der Waals surface area contributed by atoms with Gasteiger partial charge in [0.2, 0.25) is 0 Å². The molecule has 3 rings (SSSR count). The summed E-state index contributed by atoms with van der Waals surface area (Å²) >= 11 is 0. The van der Waals surface area contributed by atoms with Gasteiger partial charge in [-0.15, -0.1) is 12.4 Å². The molecule has 0 fully saturated rings. The summed E-state index contributed by atoms with van der Waals surface area (Å²) in [6.45, 7) is 0.839. The first kappa shape index (κ1) is 20.4. The van der Waals surface area contributed by atoms with Crippen molar-refractivity contribution in [3.05, 3.63) is 54.1 Å². The lowest BCUT2D eigenvalue weighted by atomic mass is 10.2. The number of halogens is 3. The first-order valence-electron chi connectivity index (χ1n) is 7.61. The van der Waals surface area contributed by atoms with E-state index >= 15 is 0 Å². The van der Waals surface area contributed by atoms with E-state index in [1.54, 1.807) is 24.3 Å². The molecule has 0 saturated heterocycles. The van der Waals surface area contributed by atoms with Gasteiger partial charge in [0.1, 0.15) is 5.82 Å². The van der Waals surface area contributed by atoms with Crippen LogP contribution in [0.5, 0.6) is 0 Å². The van der Waals surface area contributed by atoms with Crippen LogP contribution in [0.4, 0.5) is 25.8 Å². The van der Waals surface area contributed by atoms with E-state index in [2.05, 4.69) is 0 Å². The van der Waals surface area contributed by atoms with Gasteiger partial charge in [0.15, 0.2) is 5.82 Å². The molecule has 0 amide bonds. The van der Waals surface area contributed by atoms with Crippen LogP contribution in [0.3, 0.4) is 0 Å². The fraction of sp³-hybridized carbons (Fsp3) is 0.250. The molecule has 1 aliphatic rings. The third-order valence-corrected chi connectivity index (χ3v) is 5.50. The number of ether oxygens (including phenoxy) is 1. The number of hydrogen-bond donors (Lipinski definition) is 1. The van der Waals surface area contributed by atoms with Crippen LogP contribution in [0, 0.1) is 11.6 Å². The summed E-state index contributed by atoms with van der Waals surface area (Å²) in [5, 5.41) is 0. The van der Waals surface area contributed by atoms with Crippen molar-refractivity contribution in [2.24, 2.45) is 5.73 Å². The van der Waals surface area contributed by atoms with Crippen LogP contribution in [0.25, 0.3) is 0 Å². The molecule has 6 nitrogen and oxygen atoms in total. The van der Waals surface area contributed by atoms with Crippen molar-refractivity contribution in [2.75, 3.05) is 34.9 Å². The predicted molar refractivity (Wildman–Crippen MR) is 98.3 cm³/mol. The molecule has 0 bridgehead atoms. The van der Waals surface area contributed by atoms with E-state index in [0.717, 1.165) is 20.7 Å². The van der Waals surface area contributed by atoms with Gasteiger partial charge in [0.25, 0.3) is 0 Å². The Morgan fingerprint density at radius 3 is 2.35 bits per heavy atom. The van der Waals surface area contributed by atoms with Crippen LogP contribution in [0.2, 0.25) is 0 Å². The van der Waals surface area contributed by atoms with Gasteiger partial charge in [-0.05, 0) is 24.3 Å². The average Bonchev–Trinajstić information content (AvgIpc) is 2.79. The molecule has 2 N–H and O–H groups in total. The smallest absolute Gasteiger partial charge is 0.331 e. The standard InChI is InChI=1S/C16H17F2N3O3S.ClH/c17-12-5-6-14(13(18)11-12)21-16-4-2-1-3-15(16)20(25(21,22)23)8-10-24-9-7-19;/h1-6,11H,7-10,19H2;1H.